The number of halogens is 2. The van der Waals surface area contributed by atoms with Gasteiger partial charge in [0.15, 0.2) is 5.82 Å². The average Bonchev–Trinajstić information content (AvgIpc) is 2.31. The van der Waals surface area contributed by atoms with E-state index in [-0.39, 0.29) is 5.69 Å². The summed E-state index contributed by atoms with van der Waals surface area (Å²) >= 11 is 3.37. The highest BCUT2D eigenvalue weighted by atomic mass is 79.9. The van der Waals surface area contributed by atoms with Crippen LogP contribution in [-0.2, 0) is 0 Å². The summed E-state index contributed by atoms with van der Waals surface area (Å²) < 4.78 is 14.4. The number of rotatable bonds is 2. The zero-order valence-corrected chi connectivity index (χ0v) is 10.1. The molecule has 0 saturated heterocycles. The monoisotopic (exact) mass is 281 g/mol. The van der Waals surface area contributed by atoms with E-state index in [0.717, 1.165) is 10.7 Å². The summed E-state index contributed by atoms with van der Waals surface area (Å²) in [6.07, 6.45) is 1.16. The molecule has 0 aliphatic rings. The number of nitrogens with zero attached hydrogens (tertiary/aromatic N) is 2. The molecule has 0 aliphatic carbocycles. The first-order valence-electron chi connectivity index (χ1n) is 4.67. The average molecular weight is 282 g/mol. The molecule has 0 atom stereocenters. The van der Waals surface area contributed by atoms with Crippen molar-refractivity contribution in [2.75, 3.05) is 12.4 Å². The molecule has 0 aliphatic heterocycles. The van der Waals surface area contributed by atoms with Gasteiger partial charge < -0.3 is 5.32 Å². The molecule has 0 unspecified atom stereocenters. The summed E-state index contributed by atoms with van der Waals surface area (Å²) in [5, 5.41) is 2.78. The smallest absolute Gasteiger partial charge is 0.223 e. The topological polar surface area (TPSA) is 37.8 Å². The van der Waals surface area contributed by atoms with Gasteiger partial charge in [0.1, 0.15) is 5.69 Å². The van der Waals surface area contributed by atoms with Crippen LogP contribution in [0.2, 0.25) is 0 Å². The molecular formula is C11H9BrFN3. The molecule has 0 saturated carbocycles. The predicted molar refractivity (Wildman–Crippen MR) is 64.7 cm³/mol. The van der Waals surface area contributed by atoms with Crippen molar-refractivity contribution < 1.29 is 4.39 Å². The van der Waals surface area contributed by atoms with Crippen molar-refractivity contribution in [1.82, 2.24) is 9.97 Å². The van der Waals surface area contributed by atoms with Crippen molar-refractivity contribution in [3.8, 4) is 11.3 Å². The number of nitrogens with one attached hydrogen (secondary N) is 1. The molecule has 0 fully saturated rings. The lowest BCUT2D eigenvalue weighted by Gasteiger charge is -2.06. The molecule has 1 aromatic heterocycles. The highest BCUT2D eigenvalue weighted by Gasteiger charge is 2.11. The van der Waals surface area contributed by atoms with Crippen molar-refractivity contribution >= 4 is 21.9 Å². The van der Waals surface area contributed by atoms with Crippen LogP contribution in [0.5, 0.6) is 0 Å². The van der Waals surface area contributed by atoms with Crippen LogP contribution in [0.3, 0.4) is 0 Å². The van der Waals surface area contributed by atoms with Crippen LogP contribution < -0.4 is 5.32 Å². The van der Waals surface area contributed by atoms with Crippen LogP contribution in [0.1, 0.15) is 0 Å². The summed E-state index contributed by atoms with van der Waals surface area (Å²) in [7, 11) is 1.69. The molecule has 0 radical (unpaired) electrons. The number of hydrogen-bond acceptors (Lipinski definition) is 3. The largest absolute Gasteiger partial charge is 0.357 e. The Hall–Kier alpha value is -1.49. The van der Waals surface area contributed by atoms with Gasteiger partial charge in [-0.05, 0) is 6.07 Å². The van der Waals surface area contributed by atoms with Crippen LogP contribution in [0, 0.1) is 5.82 Å². The zero-order valence-electron chi connectivity index (χ0n) is 8.54. The summed E-state index contributed by atoms with van der Waals surface area (Å²) in [5.74, 6) is -0.0435. The minimum absolute atomic E-state index is 0.284. The van der Waals surface area contributed by atoms with Gasteiger partial charge in [-0.3, -0.25) is 0 Å². The molecule has 2 aromatic rings. The molecule has 3 nitrogen and oxygen atoms in total. The van der Waals surface area contributed by atoms with E-state index in [1.54, 1.807) is 13.1 Å². The third-order valence-electron chi connectivity index (χ3n) is 2.10. The Morgan fingerprint density at radius 1 is 1.31 bits per heavy atom. The second kappa shape index (κ2) is 4.57. The SMILES string of the molecule is CNc1ncc(F)c(-c2ccccc2Br)n1. The Labute approximate surface area is 101 Å². The first kappa shape index (κ1) is 11.0. The third-order valence-corrected chi connectivity index (χ3v) is 2.79. The van der Waals surface area contributed by atoms with Crippen molar-refractivity contribution in [3.05, 3.63) is 40.8 Å². The maximum absolute atomic E-state index is 13.6. The van der Waals surface area contributed by atoms with Gasteiger partial charge in [0.2, 0.25) is 5.95 Å². The highest BCUT2D eigenvalue weighted by Crippen LogP contribution is 2.28. The van der Waals surface area contributed by atoms with Gasteiger partial charge in [-0.2, -0.15) is 0 Å². The summed E-state index contributed by atoms with van der Waals surface area (Å²) in [5.41, 5.74) is 0.991. The number of benzene rings is 1. The van der Waals surface area contributed by atoms with Gasteiger partial charge in [0.25, 0.3) is 0 Å². The zero-order chi connectivity index (χ0) is 11.5. The molecule has 0 spiro atoms. The fourth-order valence-electron chi connectivity index (χ4n) is 1.33. The van der Waals surface area contributed by atoms with E-state index in [0.29, 0.717) is 11.5 Å². The number of aromatic nitrogens is 2. The quantitative estimate of drug-likeness (QED) is 0.919. The van der Waals surface area contributed by atoms with Crippen LogP contribution in [0.25, 0.3) is 11.3 Å². The van der Waals surface area contributed by atoms with Crippen molar-refractivity contribution in [2.24, 2.45) is 0 Å². The Bertz CT molecular complexity index is 516. The van der Waals surface area contributed by atoms with E-state index in [4.69, 9.17) is 0 Å². The first-order valence-corrected chi connectivity index (χ1v) is 5.47. The minimum Gasteiger partial charge on any atom is -0.357 e. The molecule has 1 aromatic carbocycles. The van der Waals surface area contributed by atoms with Crippen LogP contribution in [-0.4, -0.2) is 17.0 Å². The Morgan fingerprint density at radius 2 is 2.06 bits per heavy atom. The normalized spacial score (nSPS) is 10.2. The fraction of sp³-hybridized carbons (Fsp3) is 0.0909. The first-order chi connectivity index (χ1) is 7.72. The molecule has 16 heavy (non-hydrogen) atoms. The molecule has 1 heterocycles. The maximum atomic E-state index is 13.6. The lowest BCUT2D eigenvalue weighted by molar-refractivity contribution is 0.618. The van der Waals surface area contributed by atoms with E-state index < -0.39 is 5.82 Å². The second-order valence-electron chi connectivity index (χ2n) is 3.12. The van der Waals surface area contributed by atoms with Gasteiger partial charge >= 0.3 is 0 Å². The van der Waals surface area contributed by atoms with E-state index in [1.165, 1.54) is 0 Å². The lowest BCUT2D eigenvalue weighted by Crippen LogP contribution is -2.00. The minimum atomic E-state index is -0.439. The van der Waals surface area contributed by atoms with Gasteiger partial charge in [-0.25, -0.2) is 14.4 Å². The van der Waals surface area contributed by atoms with Gasteiger partial charge in [0.05, 0.1) is 6.20 Å². The summed E-state index contributed by atoms with van der Waals surface area (Å²) in [4.78, 5) is 7.89. The Kier molecular flexibility index (Phi) is 3.14. The van der Waals surface area contributed by atoms with Crippen molar-refractivity contribution in [2.45, 2.75) is 0 Å². The molecule has 2 rings (SSSR count). The van der Waals surface area contributed by atoms with E-state index >= 15 is 0 Å². The van der Waals surface area contributed by atoms with Crippen molar-refractivity contribution in [3.63, 3.8) is 0 Å². The third kappa shape index (κ3) is 2.04. The second-order valence-corrected chi connectivity index (χ2v) is 3.97. The predicted octanol–water partition coefficient (Wildman–Crippen LogP) is 3.09. The number of anilines is 1. The van der Waals surface area contributed by atoms with Crippen LogP contribution >= 0.6 is 15.9 Å². The fourth-order valence-corrected chi connectivity index (χ4v) is 1.80. The standard InChI is InChI=1S/C11H9BrFN3/c1-14-11-15-6-9(13)10(16-11)7-4-2-3-5-8(7)12/h2-6H,1H3,(H,14,15,16). The highest BCUT2D eigenvalue weighted by molar-refractivity contribution is 9.10. The molecule has 0 amide bonds. The maximum Gasteiger partial charge on any atom is 0.223 e. The van der Waals surface area contributed by atoms with Crippen LogP contribution in [0.15, 0.2) is 34.9 Å². The van der Waals surface area contributed by atoms with Crippen LogP contribution in [0.4, 0.5) is 10.3 Å². The van der Waals surface area contributed by atoms with Gasteiger partial charge in [0, 0.05) is 17.1 Å². The Morgan fingerprint density at radius 3 is 2.75 bits per heavy atom. The van der Waals surface area contributed by atoms with E-state index in [1.807, 2.05) is 18.2 Å². The summed E-state index contributed by atoms with van der Waals surface area (Å²) in [6.45, 7) is 0. The molecular weight excluding hydrogens is 273 g/mol. The number of hydrogen-bond donors (Lipinski definition) is 1. The lowest BCUT2D eigenvalue weighted by atomic mass is 10.1. The van der Waals surface area contributed by atoms with Gasteiger partial charge in [-0.15, -0.1) is 0 Å². The van der Waals surface area contributed by atoms with E-state index in [2.05, 4.69) is 31.2 Å². The van der Waals surface area contributed by atoms with E-state index in [9.17, 15) is 4.39 Å². The van der Waals surface area contributed by atoms with Gasteiger partial charge in [-0.1, -0.05) is 34.1 Å². The molecule has 5 heteroatoms. The Balaban J connectivity index is 2.59. The molecule has 0 bridgehead atoms. The molecule has 1 N–H and O–H groups in total. The summed E-state index contributed by atoms with van der Waals surface area (Å²) in [6, 6.07) is 7.34. The molecule has 82 valence electrons. The van der Waals surface area contributed by atoms with Crippen molar-refractivity contribution in [1.29, 1.82) is 0 Å².